The molecule has 0 saturated carbocycles. The molecular formula is C13H17ClN2O2. The molecule has 4 nitrogen and oxygen atoms in total. The third kappa shape index (κ3) is 3.02. The van der Waals surface area contributed by atoms with Crippen molar-refractivity contribution >= 4 is 17.5 Å². The molecule has 1 aromatic carbocycles. The zero-order valence-corrected chi connectivity index (χ0v) is 10.8. The van der Waals surface area contributed by atoms with E-state index in [4.69, 9.17) is 17.3 Å². The lowest BCUT2D eigenvalue weighted by Crippen LogP contribution is -2.42. The van der Waals surface area contributed by atoms with Crippen LogP contribution in [0.3, 0.4) is 0 Å². The van der Waals surface area contributed by atoms with E-state index < -0.39 is 6.10 Å². The largest absolute Gasteiger partial charge is 0.387 e. The summed E-state index contributed by atoms with van der Waals surface area (Å²) in [7, 11) is 0. The van der Waals surface area contributed by atoms with Crippen molar-refractivity contribution in [3.8, 4) is 0 Å². The Morgan fingerprint density at radius 2 is 2.17 bits per heavy atom. The number of carbonyl (C=O) groups excluding carboxylic acids is 1. The molecule has 1 amide bonds. The summed E-state index contributed by atoms with van der Waals surface area (Å²) in [6.07, 6.45) is 1.10. The van der Waals surface area contributed by atoms with Gasteiger partial charge in [0.2, 0.25) is 5.91 Å². The van der Waals surface area contributed by atoms with E-state index >= 15 is 0 Å². The van der Waals surface area contributed by atoms with Crippen LogP contribution in [0.2, 0.25) is 5.02 Å². The van der Waals surface area contributed by atoms with Gasteiger partial charge in [-0.05, 0) is 37.1 Å². The summed E-state index contributed by atoms with van der Waals surface area (Å²) in [4.78, 5) is 13.2. The number of nitrogens with two attached hydrogens (primary N) is 1. The molecule has 0 radical (unpaired) electrons. The number of carbonyl (C=O) groups is 1. The molecule has 2 unspecified atom stereocenters. The highest BCUT2D eigenvalue weighted by Crippen LogP contribution is 2.22. The minimum atomic E-state index is -0.623. The van der Waals surface area contributed by atoms with Gasteiger partial charge in [-0.2, -0.15) is 0 Å². The summed E-state index contributed by atoms with van der Waals surface area (Å²) >= 11 is 5.80. The molecule has 1 aliphatic rings. The van der Waals surface area contributed by atoms with Crippen LogP contribution in [0.5, 0.6) is 0 Å². The highest BCUT2D eigenvalue weighted by Gasteiger charge is 2.30. The molecule has 1 fully saturated rings. The van der Waals surface area contributed by atoms with Crippen molar-refractivity contribution < 1.29 is 9.90 Å². The van der Waals surface area contributed by atoms with Gasteiger partial charge in [0.25, 0.3) is 0 Å². The lowest BCUT2D eigenvalue weighted by Gasteiger charge is -2.24. The molecule has 3 N–H and O–H groups in total. The lowest BCUT2D eigenvalue weighted by molar-refractivity contribution is -0.122. The van der Waals surface area contributed by atoms with Gasteiger partial charge in [-0.25, -0.2) is 0 Å². The first kappa shape index (κ1) is 13.3. The maximum absolute atomic E-state index is 11.3. The predicted molar refractivity (Wildman–Crippen MR) is 70.2 cm³/mol. The summed E-state index contributed by atoms with van der Waals surface area (Å²) in [6, 6.07) is 6.84. The average molecular weight is 269 g/mol. The minimum Gasteiger partial charge on any atom is -0.387 e. The van der Waals surface area contributed by atoms with Crippen LogP contribution in [0.4, 0.5) is 0 Å². The number of halogens is 1. The molecule has 0 bridgehead atoms. The van der Waals surface area contributed by atoms with E-state index in [1.54, 1.807) is 24.3 Å². The summed E-state index contributed by atoms with van der Waals surface area (Å²) in [6.45, 7) is 1.23. The second kappa shape index (κ2) is 5.69. The quantitative estimate of drug-likeness (QED) is 0.866. The average Bonchev–Trinajstić information content (AvgIpc) is 2.78. The Morgan fingerprint density at radius 3 is 2.78 bits per heavy atom. The van der Waals surface area contributed by atoms with Crippen LogP contribution in [-0.2, 0) is 4.79 Å². The molecule has 0 aliphatic carbocycles. The van der Waals surface area contributed by atoms with Gasteiger partial charge in [-0.3, -0.25) is 9.69 Å². The first-order valence-electron chi connectivity index (χ1n) is 6.05. The number of aliphatic hydroxyl groups excluding tert-OH is 1. The summed E-state index contributed by atoms with van der Waals surface area (Å²) in [5.41, 5.74) is 6.14. The molecule has 1 aliphatic heterocycles. The smallest absolute Gasteiger partial charge is 0.234 e. The van der Waals surface area contributed by atoms with Crippen molar-refractivity contribution in [3.05, 3.63) is 34.9 Å². The minimum absolute atomic E-state index is 0.244. The number of hydrogen-bond donors (Lipinski definition) is 2. The van der Waals surface area contributed by atoms with Crippen molar-refractivity contribution in [1.82, 2.24) is 4.90 Å². The van der Waals surface area contributed by atoms with E-state index in [2.05, 4.69) is 0 Å². The van der Waals surface area contributed by atoms with E-state index in [1.165, 1.54) is 0 Å². The Kier molecular flexibility index (Phi) is 4.22. The van der Waals surface area contributed by atoms with Crippen molar-refractivity contribution in [2.75, 3.05) is 13.1 Å². The third-order valence-electron chi connectivity index (χ3n) is 3.35. The lowest BCUT2D eigenvalue weighted by atomic mass is 10.1. The van der Waals surface area contributed by atoms with Crippen LogP contribution in [0.25, 0.3) is 0 Å². The number of β-amino-alcohol motifs (C(OH)–C–C–N with tert-alkyl or cyclic N) is 1. The maximum atomic E-state index is 11.3. The highest BCUT2D eigenvalue weighted by molar-refractivity contribution is 6.30. The second-order valence-corrected chi connectivity index (χ2v) is 5.06. The van der Waals surface area contributed by atoms with Crippen molar-refractivity contribution in [1.29, 1.82) is 0 Å². The molecule has 5 heteroatoms. The summed E-state index contributed by atoms with van der Waals surface area (Å²) in [5, 5.41) is 10.8. The molecule has 0 aromatic heterocycles. The van der Waals surface area contributed by atoms with Gasteiger partial charge in [-0.1, -0.05) is 23.7 Å². The molecular weight excluding hydrogens is 252 g/mol. The van der Waals surface area contributed by atoms with E-state index in [1.807, 2.05) is 4.90 Å². The fourth-order valence-corrected chi connectivity index (χ4v) is 2.51. The Balaban J connectivity index is 2.00. The molecule has 98 valence electrons. The number of nitrogens with zero attached hydrogens (tertiary/aromatic N) is 1. The molecule has 1 aromatic rings. The van der Waals surface area contributed by atoms with E-state index in [-0.39, 0.29) is 11.9 Å². The van der Waals surface area contributed by atoms with Gasteiger partial charge in [0, 0.05) is 11.6 Å². The first-order chi connectivity index (χ1) is 8.58. The second-order valence-electron chi connectivity index (χ2n) is 4.62. The first-order valence-corrected chi connectivity index (χ1v) is 6.42. The maximum Gasteiger partial charge on any atom is 0.234 e. The number of aliphatic hydroxyl groups is 1. The number of benzene rings is 1. The van der Waals surface area contributed by atoms with Gasteiger partial charge >= 0.3 is 0 Å². The van der Waals surface area contributed by atoms with Crippen LogP contribution in [0.1, 0.15) is 24.5 Å². The summed E-state index contributed by atoms with van der Waals surface area (Å²) < 4.78 is 0. The molecule has 18 heavy (non-hydrogen) atoms. The van der Waals surface area contributed by atoms with Gasteiger partial charge in [0.05, 0.1) is 12.1 Å². The topological polar surface area (TPSA) is 66.6 Å². The number of hydrogen-bond acceptors (Lipinski definition) is 3. The van der Waals surface area contributed by atoms with Gasteiger partial charge in [0.15, 0.2) is 0 Å². The Bertz CT molecular complexity index is 422. The van der Waals surface area contributed by atoms with Crippen LogP contribution >= 0.6 is 11.6 Å². The fraction of sp³-hybridized carbons (Fsp3) is 0.462. The number of primary amides is 1. The normalized spacial score (nSPS) is 22.0. The number of amides is 1. The SMILES string of the molecule is NC(=O)C1CCCN1CC(O)c1ccc(Cl)cc1. The molecule has 2 atom stereocenters. The van der Waals surface area contributed by atoms with E-state index in [0.29, 0.717) is 11.6 Å². The molecule has 2 rings (SSSR count). The summed E-state index contributed by atoms with van der Waals surface area (Å²) in [5.74, 6) is -0.309. The van der Waals surface area contributed by atoms with Crippen LogP contribution in [0, 0.1) is 0 Å². The zero-order valence-electron chi connectivity index (χ0n) is 10.1. The van der Waals surface area contributed by atoms with Gasteiger partial charge in [-0.15, -0.1) is 0 Å². The predicted octanol–water partition coefficient (Wildman–Crippen LogP) is 1.32. The van der Waals surface area contributed by atoms with Crippen molar-refractivity contribution in [2.45, 2.75) is 25.0 Å². The van der Waals surface area contributed by atoms with Crippen LogP contribution in [-0.4, -0.2) is 35.0 Å². The van der Waals surface area contributed by atoms with Gasteiger partial charge in [0.1, 0.15) is 0 Å². The fourth-order valence-electron chi connectivity index (χ4n) is 2.38. The Hall–Kier alpha value is -1.10. The molecule has 1 saturated heterocycles. The van der Waals surface area contributed by atoms with Crippen molar-refractivity contribution in [2.24, 2.45) is 5.73 Å². The Morgan fingerprint density at radius 1 is 1.50 bits per heavy atom. The zero-order chi connectivity index (χ0) is 13.1. The highest BCUT2D eigenvalue weighted by atomic mass is 35.5. The third-order valence-corrected chi connectivity index (χ3v) is 3.61. The monoisotopic (exact) mass is 268 g/mol. The standard InChI is InChI=1S/C13H17ClN2O2/c14-10-5-3-9(4-6-10)12(17)8-16-7-1-2-11(16)13(15)18/h3-6,11-12,17H,1-2,7-8H2,(H2,15,18). The van der Waals surface area contributed by atoms with Crippen LogP contribution in [0.15, 0.2) is 24.3 Å². The molecule has 0 spiro atoms. The van der Waals surface area contributed by atoms with Crippen molar-refractivity contribution in [3.63, 3.8) is 0 Å². The Labute approximate surface area is 111 Å². The number of rotatable bonds is 4. The van der Waals surface area contributed by atoms with Gasteiger partial charge < -0.3 is 10.8 Å². The number of likely N-dealkylation sites (tertiary alicyclic amines) is 1. The van der Waals surface area contributed by atoms with E-state index in [0.717, 1.165) is 24.9 Å². The van der Waals surface area contributed by atoms with Crippen LogP contribution < -0.4 is 5.73 Å². The molecule has 1 heterocycles. The van der Waals surface area contributed by atoms with E-state index in [9.17, 15) is 9.90 Å².